The van der Waals surface area contributed by atoms with Gasteiger partial charge in [-0.15, -0.1) is 11.6 Å². The molecule has 0 saturated heterocycles. The van der Waals surface area contributed by atoms with Crippen LogP contribution in [-0.4, -0.2) is 15.7 Å². The van der Waals surface area contributed by atoms with Crippen molar-refractivity contribution < 1.29 is 17.9 Å². The van der Waals surface area contributed by atoms with E-state index in [1.54, 1.807) is 10.8 Å². The number of hydrogen-bond donors (Lipinski definition) is 0. The number of nitrogens with zero attached hydrogens (tertiary/aromatic N) is 2. The highest BCUT2D eigenvalue weighted by Crippen LogP contribution is 2.31. The summed E-state index contributed by atoms with van der Waals surface area (Å²) in [6.45, 7) is 3.89. The van der Waals surface area contributed by atoms with Gasteiger partial charge in [-0.3, -0.25) is 4.57 Å². The average molecular weight is 395 g/mol. The van der Waals surface area contributed by atoms with Crippen LogP contribution in [0.3, 0.4) is 0 Å². The van der Waals surface area contributed by atoms with Gasteiger partial charge in [0.15, 0.2) is 0 Å². The Morgan fingerprint density at radius 3 is 2.19 bits per heavy atom. The molecule has 0 spiro atoms. The van der Waals surface area contributed by atoms with Crippen LogP contribution in [0.15, 0.2) is 54.7 Å². The largest absolute Gasteiger partial charge is 0.491 e. The first kappa shape index (κ1) is 19.3. The van der Waals surface area contributed by atoms with Gasteiger partial charge < -0.3 is 4.74 Å². The Kier molecular flexibility index (Phi) is 5.46. The van der Waals surface area contributed by atoms with E-state index in [0.29, 0.717) is 17.1 Å². The van der Waals surface area contributed by atoms with Crippen LogP contribution in [0, 0.1) is 0 Å². The van der Waals surface area contributed by atoms with Gasteiger partial charge in [0.2, 0.25) is 0 Å². The molecule has 3 aromatic rings. The van der Waals surface area contributed by atoms with Crippen molar-refractivity contribution in [2.75, 3.05) is 0 Å². The molecule has 27 heavy (non-hydrogen) atoms. The summed E-state index contributed by atoms with van der Waals surface area (Å²) in [7, 11) is 0. The summed E-state index contributed by atoms with van der Waals surface area (Å²) in [5, 5.41) is 0. The van der Waals surface area contributed by atoms with Gasteiger partial charge in [-0.25, -0.2) is 4.98 Å². The Morgan fingerprint density at radius 1 is 1.04 bits per heavy atom. The van der Waals surface area contributed by atoms with Crippen molar-refractivity contribution in [1.82, 2.24) is 9.55 Å². The third-order valence-electron chi connectivity index (χ3n) is 3.85. The fourth-order valence-electron chi connectivity index (χ4n) is 2.66. The van der Waals surface area contributed by atoms with Gasteiger partial charge in [0.05, 0.1) is 23.2 Å². The lowest BCUT2D eigenvalue weighted by molar-refractivity contribution is -0.137. The van der Waals surface area contributed by atoms with Crippen LogP contribution >= 0.6 is 11.6 Å². The standard InChI is InChI=1S/C20H18ClF3N2O/c1-13(2)27-18-9-7-17(8-10-18)26-12-16(11-21)25-19(26)14-3-5-15(6-4-14)20(22,23)24/h3-10,12-13H,11H2,1-2H3. The van der Waals surface area contributed by atoms with Gasteiger partial charge in [0.1, 0.15) is 11.6 Å². The monoisotopic (exact) mass is 394 g/mol. The van der Waals surface area contributed by atoms with Crippen molar-refractivity contribution >= 4 is 11.6 Å². The Morgan fingerprint density at radius 2 is 1.67 bits per heavy atom. The summed E-state index contributed by atoms with van der Waals surface area (Å²) < 4.78 is 45.9. The van der Waals surface area contributed by atoms with Crippen LogP contribution in [0.2, 0.25) is 0 Å². The van der Waals surface area contributed by atoms with E-state index in [2.05, 4.69) is 4.98 Å². The Labute approximate surface area is 160 Å². The molecule has 0 aliphatic rings. The summed E-state index contributed by atoms with van der Waals surface area (Å²) in [6.07, 6.45) is -2.53. The lowest BCUT2D eigenvalue weighted by atomic mass is 10.1. The molecule has 0 atom stereocenters. The maximum atomic E-state index is 12.8. The molecular formula is C20H18ClF3N2O. The van der Waals surface area contributed by atoms with Crippen molar-refractivity contribution in [2.45, 2.75) is 32.0 Å². The van der Waals surface area contributed by atoms with Gasteiger partial charge in [-0.05, 0) is 50.2 Å². The molecule has 2 aromatic carbocycles. The minimum absolute atomic E-state index is 0.0645. The predicted molar refractivity (Wildman–Crippen MR) is 99.3 cm³/mol. The summed E-state index contributed by atoms with van der Waals surface area (Å²) >= 11 is 5.91. The molecule has 0 radical (unpaired) electrons. The van der Waals surface area contributed by atoms with Crippen molar-refractivity contribution in [3.05, 3.63) is 66.0 Å². The fourth-order valence-corrected chi connectivity index (χ4v) is 2.79. The maximum absolute atomic E-state index is 12.8. The number of halogens is 4. The van der Waals surface area contributed by atoms with E-state index in [4.69, 9.17) is 16.3 Å². The third-order valence-corrected chi connectivity index (χ3v) is 4.12. The lowest BCUT2D eigenvalue weighted by Crippen LogP contribution is -2.05. The molecule has 0 fully saturated rings. The molecule has 7 heteroatoms. The summed E-state index contributed by atoms with van der Waals surface area (Å²) in [6, 6.07) is 12.3. The maximum Gasteiger partial charge on any atom is 0.416 e. The number of hydrogen-bond acceptors (Lipinski definition) is 2. The Hall–Kier alpha value is -2.47. The van der Waals surface area contributed by atoms with Crippen LogP contribution < -0.4 is 4.74 Å². The number of ether oxygens (including phenoxy) is 1. The SMILES string of the molecule is CC(C)Oc1ccc(-n2cc(CCl)nc2-c2ccc(C(F)(F)F)cc2)cc1. The number of imidazole rings is 1. The van der Waals surface area contributed by atoms with Gasteiger partial charge in [-0.2, -0.15) is 13.2 Å². The van der Waals surface area contributed by atoms with Crippen molar-refractivity contribution in [2.24, 2.45) is 0 Å². The van der Waals surface area contributed by atoms with E-state index in [9.17, 15) is 13.2 Å². The lowest BCUT2D eigenvalue weighted by Gasteiger charge is -2.12. The zero-order valence-electron chi connectivity index (χ0n) is 14.8. The zero-order valence-corrected chi connectivity index (χ0v) is 15.6. The molecule has 0 saturated carbocycles. The van der Waals surface area contributed by atoms with E-state index < -0.39 is 11.7 Å². The molecule has 0 bridgehead atoms. The van der Waals surface area contributed by atoms with Gasteiger partial charge in [0, 0.05) is 17.4 Å². The Balaban J connectivity index is 1.99. The van der Waals surface area contributed by atoms with E-state index >= 15 is 0 Å². The quantitative estimate of drug-likeness (QED) is 0.490. The molecule has 1 aromatic heterocycles. The number of alkyl halides is 4. The zero-order chi connectivity index (χ0) is 19.6. The summed E-state index contributed by atoms with van der Waals surface area (Å²) in [5.41, 5.74) is 1.32. The summed E-state index contributed by atoms with van der Waals surface area (Å²) in [5.74, 6) is 1.47. The van der Waals surface area contributed by atoms with E-state index in [1.807, 2.05) is 38.1 Å². The highest BCUT2D eigenvalue weighted by Gasteiger charge is 2.30. The first-order valence-electron chi connectivity index (χ1n) is 8.37. The van der Waals surface area contributed by atoms with Crippen LogP contribution in [-0.2, 0) is 12.1 Å². The minimum Gasteiger partial charge on any atom is -0.491 e. The molecular weight excluding hydrogens is 377 g/mol. The molecule has 3 nitrogen and oxygen atoms in total. The predicted octanol–water partition coefficient (Wildman–Crippen LogP) is 6.08. The van der Waals surface area contributed by atoms with Crippen LogP contribution in [0.1, 0.15) is 25.1 Å². The minimum atomic E-state index is -4.37. The fraction of sp³-hybridized carbons (Fsp3) is 0.250. The van der Waals surface area contributed by atoms with Gasteiger partial charge >= 0.3 is 6.18 Å². The number of aromatic nitrogens is 2. The van der Waals surface area contributed by atoms with Crippen molar-refractivity contribution in [3.63, 3.8) is 0 Å². The molecule has 142 valence electrons. The van der Waals surface area contributed by atoms with Crippen LogP contribution in [0.4, 0.5) is 13.2 Å². The second-order valence-electron chi connectivity index (χ2n) is 6.30. The second-order valence-corrected chi connectivity index (χ2v) is 6.56. The molecule has 0 aliphatic heterocycles. The molecule has 0 aliphatic carbocycles. The van der Waals surface area contributed by atoms with E-state index in [0.717, 1.165) is 23.6 Å². The van der Waals surface area contributed by atoms with Crippen LogP contribution in [0.25, 0.3) is 17.1 Å². The topological polar surface area (TPSA) is 27.1 Å². The van der Waals surface area contributed by atoms with Gasteiger partial charge in [-0.1, -0.05) is 12.1 Å². The summed E-state index contributed by atoms with van der Waals surface area (Å²) in [4.78, 5) is 4.46. The molecule has 1 heterocycles. The third kappa shape index (κ3) is 4.45. The first-order chi connectivity index (χ1) is 12.8. The van der Waals surface area contributed by atoms with Gasteiger partial charge in [0.25, 0.3) is 0 Å². The van der Waals surface area contributed by atoms with Crippen molar-refractivity contribution in [3.8, 4) is 22.8 Å². The van der Waals surface area contributed by atoms with E-state index in [-0.39, 0.29) is 12.0 Å². The average Bonchev–Trinajstić information content (AvgIpc) is 3.06. The molecule has 0 amide bonds. The number of rotatable bonds is 5. The second kappa shape index (κ2) is 7.64. The van der Waals surface area contributed by atoms with Crippen molar-refractivity contribution in [1.29, 1.82) is 0 Å². The highest BCUT2D eigenvalue weighted by atomic mass is 35.5. The smallest absolute Gasteiger partial charge is 0.416 e. The van der Waals surface area contributed by atoms with Crippen LogP contribution in [0.5, 0.6) is 5.75 Å². The first-order valence-corrected chi connectivity index (χ1v) is 8.90. The van der Waals surface area contributed by atoms with E-state index in [1.165, 1.54) is 12.1 Å². The highest BCUT2D eigenvalue weighted by molar-refractivity contribution is 6.16. The molecule has 0 N–H and O–H groups in total. The normalized spacial score (nSPS) is 11.8. The molecule has 3 rings (SSSR count). The molecule has 0 unspecified atom stereocenters. The Bertz CT molecular complexity index is 900. The number of benzene rings is 2.